The number of benzene rings is 1. The van der Waals surface area contributed by atoms with E-state index in [1.54, 1.807) is 4.90 Å². The van der Waals surface area contributed by atoms with E-state index < -0.39 is 6.04 Å². The van der Waals surface area contributed by atoms with Crippen LogP contribution in [0, 0.1) is 5.82 Å². The third-order valence-electron chi connectivity index (χ3n) is 4.91. The van der Waals surface area contributed by atoms with E-state index in [9.17, 15) is 14.0 Å². The highest BCUT2D eigenvalue weighted by Crippen LogP contribution is 2.30. The molecule has 3 rings (SSSR count). The number of nitrogens with one attached hydrogen (secondary N) is 1. The fraction of sp³-hybridized carbons (Fsp3) is 0.556. The minimum Gasteiger partial charge on any atom is -0.347 e. The van der Waals surface area contributed by atoms with Crippen molar-refractivity contribution >= 4 is 11.8 Å². The average molecular weight is 318 g/mol. The van der Waals surface area contributed by atoms with Crippen LogP contribution in [-0.2, 0) is 16.0 Å². The first-order valence-corrected chi connectivity index (χ1v) is 8.48. The molecule has 0 radical (unpaired) electrons. The van der Waals surface area contributed by atoms with Crippen molar-refractivity contribution < 1.29 is 14.0 Å². The van der Waals surface area contributed by atoms with Gasteiger partial charge in [-0.15, -0.1) is 0 Å². The zero-order valence-electron chi connectivity index (χ0n) is 13.5. The maximum absolute atomic E-state index is 13.6. The SMILES string of the molecule is CC[C@@H](C(=O)N[C@H]1CCCc2ccc(F)cc21)N1CCCC1=O. The molecule has 4 nitrogen and oxygen atoms in total. The highest BCUT2D eigenvalue weighted by Gasteiger charge is 2.33. The molecule has 1 aliphatic carbocycles. The Kier molecular flexibility index (Phi) is 4.64. The first-order chi connectivity index (χ1) is 11.1. The summed E-state index contributed by atoms with van der Waals surface area (Å²) in [5.41, 5.74) is 1.99. The first kappa shape index (κ1) is 16.0. The maximum Gasteiger partial charge on any atom is 0.243 e. The van der Waals surface area contributed by atoms with Gasteiger partial charge in [0.1, 0.15) is 11.9 Å². The van der Waals surface area contributed by atoms with Gasteiger partial charge in [0.15, 0.2) is 0 Å². The van der Waals surface area contributed by atoms with Gasteiger partial charge in [0.25, 0.3) is 0 Å². The van der Waals surface area contributed by atoms with Gasteiger partial charge in [-0.25, -0.2) is 4.39 Å². The molecule has 2 amide bonds. The molecule has 23 heavy (non-hydrogen) atoms. The summed E-state index contributed by atoms with van der Waals surface area (Å²) in [6.07, 6.45) is 4.65. The number of carbonyl (C=O) groups excluding carboxylic acids is 2. The lowest BCUT2D eigenvalue weighted by atomic mass is 9.87. The Hall–Kier alpha value is -1.91. The molecule has 124 valence electrons. The minimum atomic E-state index is -0.413. The van der Waals surface area contributed by atoms with Crippen LogP contribution in [-0.4, -0.2) is 29.3 Å². The van der Waals surface area contributed by atoms with Crippen molar-refractivity contribution in [3.05, 3.63) is 35.1 Å². The van der Waals surface area contributed by atoms with E-state index in [4.69, 9.17) is 0 Å². The molecule has 1 fully saturated rings. The predicted molar refractivity (Wildman–Crippen MR) is 85.2 cm³/mol. The van der Waals surface area contributed by atoms with E-state index in [2.05, 4.69) is 5.32 Å². The molecule has 2 aliphatic rings. The number of rotatable bonds is 4. The van der Waals surface area contributed by atoms with E-state index in [0.717, 1.165) is 36.8 Å². The predicted octanol–water partition coefficient (Wildman–Crippen LogP) is 2.72. The summed E-state index contributed by atoms with van der Waals surface area (Å²) in [7, 11) is 0. The van der Waals surface area contributed by atoms with Crippen LogP contribution in [0.3, 0.4) is 0 Å². The summed E-state index contributed by atoms with van der Waals surface area (Å²) in [5, 5.41) is 3.05. The Morgan fingerprint density at radius 3 is 2.91 bits per heavy atom. The molecule has 0 spiro atoms. The largest absolute Gasteiger partial charge is 0.347 e. The highest BCUT2D eigenvalue weighted by atomic mass is 19.1. The van der Waals surface area contributed by atoms with Crippen molar-refractivity contribution in [2.75, 3.05) is 6.54 Å². The van der Waals surface area contributed by atoms with E-state index in [0.29, 0.717) is 19.4 Å². The molecular weight excluding hydrogens is 295 g/mol. The van der Waals surface area contributed by atoms with Gasteiger partial charge < -0.3 is 10.2 Å². The van der Waals surface area contributed by atoms with Crippen LogP contribution in [0.1, 0.15) is 56.2 Å². The van der Waals surface area contributed by atoms with Crippen LogP contribution in [0.2, 0.25) is 0 Å². The van der Waals surface area contributed by atoms with Crippen LogP contribution < -0.4 is 5.32 Å². The topological polar surface area (TPSA) is 49.4 Å². The molecule has 0 bridgehead atoms. The van der Waals surface area contributed by atoms with Gasteiger partial charge in [-0.3, -0.25) is 9.59 Å². The molecule has 5 heteroatoms. The third kappa shape index (κ3) is 3.23. The quantitative estimate of drug-likeness (QED) is 0.928. The standard InChI is InChI=1S/C18H23FN2O2/c1-2-16(21-10-4-7-17(21)22)18(23)20-15-6-3-5-12-8-9-13(19)11-14(12)15/h8-9,11,15-16H,2-7,10H2,1H3,(H,20,23)/t15-,16-/m0/s1. The Bertz CT molecular complexity index is 617. The number of likely N-dealkylation sites (tertiary alicyclic amines) is 1. The summed E-state index contributed by atoms with van der Waals surface area (Å²) >= 11 is 0. The number of fused-ring (bicyclic) bond motifs is 1. The van der Waals surface area contributed by atoms with Crippen molar-refractivity contribution in [1.29, 1.82) is 0 Å². The van der Waals surface area contributed by atoms with Gasteiger partial charge in [-0.1, -0.05) is 13.0 Å². The van der Waals surface area contributed by atoms with E-state index in [-0.39, 0.29) is 23.7 Å². The number of nitrogens with zero attached hydrogens (tertiary/aromatic N) is 1. The Morgan fingerprint density at radius 1 is 1.39 bits per heavy atom. The molecule has 1 N–H and O–H groups in total. The monoisotopic (exact) mass is 318 g/mol. The van der Waals surface area contributed by atoms with Gasteiger partial charge in [-0.05, 0) is 55.4 Å². The third-order valence-corrected chi connectivity index (χ3v) is 4.91. The second-order valence-corrected chi connectivity index (χ2v) is 6.41. The van der Waals surface area contributed by atoms with Crippen molar-refractivity contribution in [2.45, 2.75) is 57.5 Å². The number of carbonyl (C=O) groups is 2. The molecular formula is C18H23FN2O2. The normalized spacial score (nSPS) is 21.9. The van der Waals surface area contributed by atoms with Crippen LogP contribution in [0.4, 0.5) is 4.39 Å². The molecule has 1 aromatic rings. The number of hydrogen-bond acceptors (Lipinski definition) is 2. The van der Waals surface area contributed by atoms with Crippen LogP contribution in [0.25, 0.3) is 0 Å². The molecule has 1 aromatic carbocycles. The van der Waals surface area contributed by atoms with Gasteiger partial charge in [0, 0.05) is 13.0 Å². The molecule has 0 unspecified atom stereocenters. The van der Waals surface area contributed by atoms with Crippen molar-refractivity contribution in [1.82, 2.24) is 10.2 Å². The lowest BCUT2D eigenvalue weighted by Crippen LogP contribution is -2.48. The number of halogens is 1. The van der Waals surface area contributed by atoms with Crippen LogP contribution in [0.5, 0.6) is 0 Å². The average Bonchev–Trinajstić information content (AvgIpc) is 2.95. The molecule has 1 heterocycles. The fourth-order valence-electron chi connectivity index (χ4n) is 3.73. The van der Waals surface area contributed by atoms with Crippen molar-refractivity contribution in [3.8, 4) is 0 Å². The fourth-order valence-corrected chi connectivity index (χ4v) is 3.73. The van der Waals surface area contributed by atoms with Crippen molar-refractivity contribution in [2.24, 2.45) is 0 Å². The lowest BCUT2D eigenvalue weighted by Gasteiger charge is -2.31. The second kappa shape index (κ2) is 6.69. The van der Waals surface area contributed by atoms with Crippen molar-refractivity contribution in [3.63, 3.8) is 0 Å². The minimum absolute atomic E-state index is 0.0575. The molecule has 1 saturated heterocycles. The molecule has 0 aromatic heterocycles. The number of hydrogen-bond donors (Lipinski definition) is 1. The molecule has 2 atom stereocenters. The van der Waals surface area contributed by atoms with Gasteiger partial charge in [0.05, 0.1) is 6.04 Å². The van der Waals surface area contributed by atoms with E-state index in [1.165, 1.54) is 12.1 Å². The van der Waals surface area contributed by atoms with E-state index in [1.807, 2.05) is 13.0 Å². The van der Waals surface area contributed by atoms with Gasteiger partial charge in [0.2, 0.25) is 11.8 Å². The summed E-state index contributed by atoms with van der Waals surface area (Å²) in [6, 6.07) is 4.24. The summed E-state index contributed by atoms with van der Waals surface area (Å²) in [4.78, 5) is 26.3. The zero-order valence-corrected chi connectivity index (χ0v) is 13.5. The van der Waals surface area contributed by atoms with Gasteiger partial charge in [-0.2, -0.15) is 0 Å². The Morgan fingerprint density at radius 2 is 2.22 bits per heavy atom. The summed E-state index contributed by atoms with van der Waals surface area (Å²) in [5.74, 6) is -0.335. The molecule has 0 saturated carbocycles. The Labute approximate surface area is 136 Å². The van der Waals surface area contributed by atoms with Crippen LogP contribution >= 0.6 is 0 Å². The first-order valence-electron chi connectivity index (χ1n) is 8.48. The number of amides is 2. The summed E-state index contributed by atoms with van der Waals surface area (Å²) in [6.45, 7) is 2.57. The second-order valence-electron chi connectivity index (χ2n) is 6.41. The van der Waals surface area contributed by atoms with E-state index >= 15 is 0 Å². The zero-order chi connectivity index (χ0) is 16.4. The molecule has 1 aliphatic heterocycles. The van der Waals surface area contributed by atoms with Crippen LogP contribution in [0.15, 0.2) is 18.2 Å². The Balaban J connectivity index is 1.75. The lowest BCUT2D eigenvalue weighted by molar-refractivity contribution is -0.138. The van der Waals surface area contributed by atoms with Gasteiger partial charge >= 0.3 is 0 Å². The highest BCUT2D eigenvalue weighted by molar-refractivity contribution is 5.88. The maximum atomic E-state index is 13.6. The summed E-state index contributed by atoms with van der Waals surface area (Å²) < 4.78 is 13.6. The number of aryl methyl sites for hydroxylation is 1. The smallest absolute Gasteiger partial charge is 0.243 e.